The molecule has 0 bridgehead atoms. The first kappa shape index (κ1) is 15.1. The first-order chi connectivity index (χ1) is 5.11. The van der Waals surface area contributed by atoms with Gasteiger partial charge in [0.2, 0.25) is 5.91 Å². The van der Waals surface area contributed by atoms with Gasteiger partial charge in [-0.3, -0.25) is 4.79 Å². The van der Waals surface area contributed by atoms with Gasteiger partial charge < -0.3 is 10.4 Å². The van der Waals surface area contributed by atoms with Crippen molar-refractivity contribution in [3.8, 4) is 0 Å². The number of hydrogen-bond donors (Lipinski definition) is 3. The number of amides is 1. The van der Waals surface area contributed by atoms with Crippen LogP contribution in [0, 0.1) is 0 Å². The zero-order valence-electron chi connectivity index (χ0n) is 5.58. The van der Waals surface area contributed by atoms with Crippen molar-refractivity contribution in [1.29, 1.82) is 0 Å². The van der Waals surface area contributed by atoms with Gasteiger partial charge in [-0.15, -0.1) is 11.6 Å². The molecule has 12 heavy (non-hydrogen) atoms. The number of rotatable bonds is 4. The van der Waals surface area contributed by atoms with Gasteiger partial charge in [0.1, 0.15) is 11.9 Å². The van der Waals surface area contributed by atoms with Crippen LogP contribution in [0.3, 0.4) is 0 Å². The molecule has 1 atom stereocenters. The molecule has 0 radical (unpaired) electrons. The zero-order valence-corrected chi connectivity index (χ0v) is 7.23. The Labute approximate surface area is 103 Å². The number of halogens is 1. The third-order valence-electron chi connectivity index (χ3n) is 0.937. The van der Waals surface area contributed by atoms with Gasteiger partial charge in [0.25, 0.3) is 0 Å². The summed E-state index contributed by atoms with van der Waals surface area (Å²) < 4.78 is 0. The molecule has 0 saturated carbocycles. The van der Waals surface area contributed by atoms with Crippen molar-refractivity contribution in [2.24, 2.45) is 0 Å². The van der Waals surface area contributed by atoms with E-state index in [9.17, 15) is 9.59 Å². The molecule has 0 fully saturated rings. The maximum absolute atomic E-state index is 10.5. The maximum atomic E-state index is 10.5. The van der Waals surface area contributed by atoms with Crippen LogP contribution >= 0.6 is 24.2 Å². The Hall–Kier alpha value is 0.580. The predicted molar refractivity (Wildman–Crippen MR) is 51.3 cm³/mol. The van der Waals surface area contributed by atoms with E-state index in [1.54, 1.807) is 0 Å². The number of carbonyl (C=O) groups excluding carboxylic acids is 1. The Kier molecular flexibility index (Phi) is 10.3. The number of carboxylic acids is 1. The number of thiol groups is 1. The van der Waals surface area contributed by atoms with Crippen LogP contribution in [0.4, 0.5) is 0 Å². The minimum atomic E-state index is -1.11. The number of alkyl halides is 1. The summed E-state index contributed by atoms with van der Waals surface area (Å²) >= 11 is 8.86. The van der Waals surface area contributed by atoms with Crippen LogP contribution in [0.15, 0.2) is 0 Å². The third kappa shape index (κ3) is 6.14. The second-order valence-corrected chi connectivity index (χ2v) is 2.41. The molecule has 66 valence electrons. The molecule has 0 spiro atoms. The van der Waals surface area contributed by atoms with Crippen LogP contribution in [-0.4, -0.2) is 64.2 Å². The fourth-order valence-electron chi connectivity index (χ4n) is 0.418. The van der Waals surface area contributed by atoms with Crippen molar-refractivity contribution >= 4 is 65.7 Å². The molecule has 0 aromatic heterocycles. The second-order valence-electron chi connectivity index (χ2n) is 1.77. The summed E-state index contributed by atoms with van der Waals surface area (Å²) in [5, 5.41) is 10.6. The summed E-state index contributed by atoms with van der Waals surface area (Å²) in [5.74, 6) is -1.80. The number of nitrogens with one attached hydrogen (secondary N) is 1. The van der Waals surface area contributed by atoms with Crippen LogP contribution in [0.5, 0.6) is 0 Å². The predicted octanol–water partition coefficient (Wildman–Crippen LogP) is -0.924. The summed E-state index contributed by atoms with van der Waals surface area (Å²) in [5.41, 5.74) is 0. The van der Waals surface area contributed by atoms with E-state index in [4.69, 9.17) is 16.7 Å². The molecule has 4 nitrogen and oxygen atoms in total. The summed E-state index contributed by atoms with van der Waals surface area (Å²) in [6.45, 7) is 0. The normalized spacial score (nSPS) is 11.2. The molecule has 7 heteroatoms. The fraction of sp³-hybridized carbons (Fsp3) is 0.600. The van der Waals surface area contributed by atoms with E-state index < -0.39 is 17.9 Å². The van der Waals surface area contributed by atoms with Crippen LogP contribution in [0.25, 0.3) is 0 Å². The number of carboxylic acid groups (broad SMARTS) is 1. The van der Waals surface area contributed by atoms with E-state index in [0.29, 0.717) is 0 Å². The summed E-state index contributed by atoms with van der Waals surface area (Å²) in [6.07, 6.45) is 0. The van der Waals surface area contributed by atoms with Gasteiger partial charge in [0, 0.05) is 5.75 Å². The van der Waals surface area contributed by atoms with Crippen molar-refractivity contribution < 1.29 is 14.7 Å². The minimum absolute atomic E-state index is 0. The molecule has 2 N–H and O–H groups in total. The molecule has 0 aromatic carbocycles. The van der Waals surface area contributed by atoms with E-state index >= 15 is 0 Å². The van der Waals surface area contributed by atoms with Crippen LogP contribution in [-0.2, 0) is 9.59 Å². The zero-order chi connectivity index (χ0) is 8.85. The molecule has 0 aliphatic rings. The summed E-state index contributed by atoms with van der Waals surface area (Å²) in [7, 11) is 0. The monoisotopic (exact) mass is 221 g/mol. The first-order valence-electron chi connectivity index (χ1n) is 2.80. The first-order valence-corrected chi connectivity index (χ1v) is 3.97. The van der Waals surface area contributed by atoms with Crippen molar-refractivity contribution in [3.05, 3.63) is 0 Å². The Morgan fingerprint density at radius 2 is 2.08 bits per heavy atom. The van der Waals surface area contributed by atoms with Crippen molar-refractivity contribution in [1.82, 2.24) is 5.32 Å². The number of aliphatic carboxylic acids is 1. The van der Waals surface area contributed by atoms with Crippen LogP contribution in [0.1, 0.15) is 0 Å². The average Bonchev–Trinajstić information content (AvgIpc) is 1.99. The van der Waals surface area contributed by atoms with Crippen molar-refractivity contribution in [2.45, 2.75) is 6.04 Å². The van der Waals surface area contributed by atoms with Gasteiger partial charge in [-0.05, 0) is 0 Å². The molecule has 0 heterocycles. The van der Waals surface area contributed by atoms with Gasteiger partial charge in [-0.2, -0.15) is 12.6 Å². The van der Waals surface area contributed by atoms with E-state index in [1.807, 2.05) is 0 Å². The third-order valence-corrected chi connectivity index (χ3v) is 1.55. The Bertz CT molecular complexity index is 169. The van der Waals surface area contributed by atoms with Crippen LogP contribution in [0.2, 0.25) is 0 Å². The SMILES string of the molecule is O=C(CCl)NC(CS)C(=O)O.[NaH]. The van der Waals surface area contributed by atoms with Gasteiger partial charge in [-0.1, -0.05) is 0 Å². The van der Waals surface area contributed by atoms with E-state index in [0.717, 1.165) is 0 Å². The molecular weight excluding hydrogens is 213 g/mol. The Morgan fingerprint density at radius 1 is 1.58 bits per heavy atom. The number of hydrogen-bond acceptors (Lipinski definition) is 3. The van der Waals surface area contributed by atoms with Crippen LogP contribution < -0.4 is 5.32 Å². The van der Waals surface area contributed by atoms with E-state index in [-0.39, 0.29) is 41.2 Å². The molecule has 0 aliphatic heterocycles. The quantitative estimate of drug-likeness (QED) is 0.327. The summed E-state index contributed by atoms with van der Waals surface area (Å²) in [6, 6.07) is -0.954. The molecule has 1 amide bonds. The van der Waals surface area contributed by atoms with Crippen molar-refractivity contribution in [3.63, 3.8) is 0 Å². The standard InChI is InChI=1S/C5H8ClNO3S.Na.H/c6-1-4(8)7-3(2-11)5(9)10;;/h3,11H,1-2H2,(H,7,8)(H,9,10);;. The molecule has 1 unspecified atom stereocenters. The van der Waals surface area contributed by atoms with Gasteiger partial charge >= 0.3 is 35.5 Å². The average molecular weight is 222 g/mol. The van der Waals surface area contributed by atoms with Gasteiger partial charge in [-0.25, -0.2) is 4.79 Å². The van der Waals surface area contributed by atoms with E-state index in [2.05, 4.69) is 17.9 Å². The molecule has 0 aliphatic carbocycles. The topological polar surface area (TPSA) is 66.4 Å². The van der Waals surface area contributed by atoms with Crippen molar-refractivity contribution in [2.75, 3.05) is 11.6 Å². The second kappa shape index (κ2) is 8.19. The fourth-order valence-corrected chi connectivity index (χ4v) is 0.743. The Balaban J connectivity index is 0. The molecule has 0 rings (SSSR count). The summed E-state index contributed by atoms with van der Waals surface area (Å²) in [4.78, 5) is 20.8. The van der Waals surface area contributed by atoms with Gasteiger partial charge in [0.15, 0.2) is 0 Å². The van der Waals surface area contributed by atoms with E-state index in [1.165, 1.54) is 0 Å². The molecular formula is C5H9ClNNaO3S. The number of carbonyl (C=O) groups is 2. The van der Waals surface area contributed by atoms with Gasteiger partial charge in [0.05, 0.1) is 0 Å². The Morgan fingerprint density at radius 3 is 2.33 bits per heavy atom. The molecule has 0 aromatic rings. The molecule has 0 saturated heterocycles.